The van der Waals surface area contributed by atoms with Crippen molar-refractivity contribution in [3.63, 3.8) is 0 Å². The van der Waals surface area contributed by atoms with Crippen molar-refractivity contribution in [2.45, 2.75) is 13.3 Å². The van der Waals surface area contributed by atoms with Crippen LogP contribution in [0.4, 0.5) is 4.39 Å². The van der Waals surface area contributed by atoms with Gasteiger partial charge in [-0.2, -0.15) is 0 Å². The Morgan fingerprint density at radius 1 is 1.54 bits per heavy atom. The summed E-state index contributed by atoms with van der Waals surface area (Å²) in [5.74, 6) is -1.08. The molecule has 0 aliphatic heterocycles. The third-order valence-corrected chi connectivity index (χ3v) is 1.41. The van der Waals surface area contributed by atoms with Crippen LogP contribution in [-0.4, -0.2) is 17.4 Å². The van der Waals surface area contributed by atoms with Gasteiger partial charge in [0, 0.05) is 6.92 Å². The van der Waals surface area contributed by atoms with E-state index in [0.717, 1.165) is 0 Å². The van der Waals surface area contributed by atoms with E-state index in [2.05, 4.69) is 4.74 Å². The van der Waals surface area contributed by atoms with E-state index in [9.17, 15) is 9.18 Å². The predicted octanol–water partition coefficient (Wildman–Crippen LogP) is 2.08. The Hall–Kier alpha value is -1.58. The van der Waals surface area contributed by atoms with Crippen molar-refractivity contribution >= 4 is 5.97 Å². The van der Waals surface area contributed by atoms with Crippen LogP contribution in [0.25, 0.3) is 0 Å². The van der Waals surface area contributed by atoms with Gasteiger partial charge in [0.15, 0.2) is 0 Å². The van der Waals surface area contributed by atoms with Crippen molar-refractivity contribution in [3.05, 3.63) is 29.8 Å². The Morgan fingerprint density at radius 2 is 2.15 bits per heavy atom. The average molecular weight is 184 g/mol. The number of hydrogen-bond donors (Lipinski definition) is 1. The van der Waals surface area contributed by atoms with E-state index < -0.39 is 12.3 Å². The van der Waals surface area contributed by atoms with E-state index in [0.29, 0.717) is 0 Å². The van der Waals surface area contributed by atoms with E-state index in [4.69, 9.17) is 5.11 Å². The molecular formula is C9H9FO3. The lowest BCUT2D eigenvalue weighted by Crippen LogP contribution is -2.08. The number of ether oxygens (including phenoxy) is 1. The molecule has 0 aliphatic carbocycles. The van der Waals surface area contributed by atoms with Gasteiger partial charge in [0.05, 0.1) is 0 Å². The molecule has 0 saturated heterocycles. The summed E-state index contributed by atoms with van der Waals surface area (Å²) >= 11 is 0. The van der Waals surface area contributed by atoms with E-state index in [-0.39, 0.29) is 11.3 Å². The predicted molar refractivity (Wildman–Crippen MR) is 44.6 cm³/mol. The van der Waals surface area contributed by atoms with Crippen molar-refractivity contribution in [1.29, 1.82) is 0 Å². The van der Waals surface area contributed by atoms with Crippen LogP contribution in [0.5, 0.6) is 5.75 Å². The third kappa shape index (κ3) is 2.43. The van der Waals surface area contributed by atoms with Gasteiger partial charge in [-0.1, -0.05) is 12.1 Å². The SMILES string of the molecule is CC(F)Oc1ccccc1C(=O)O. The summed E-state index contributed by atoms with van der Waals surface area (Å²) in [7, 11) is 0. The molecule has 3 nitrogen and oxygen atoms in total. The van der Waals surface area contributed by atoms with Gasteiger partial charge >= 0.3 is 5.97 Å². The summed E-state index contributed by atoms with van der Waals surface area (Å²) in [6.45, 7) is 1.19. The molecule has 0 saturated carbocycles. The smallest absolute Gasteiger partial charge is 0.339 e. The zero-order valence-corrected chi connectivity index (χ0v) is 7.03. The molecule has 0 aromatic heterocycles. The maximum Gasteiger partial charge on any atom is 0.339 e. The minimum absolute atomic E-state index is 0.0352. The molecule has 1 N–H and O–H groups in total. The van der Waals surface area contributed by atoms with Gasteiger partial charge < -0.3 is 9.84 Å². The van der Waals surface area contributed by atoms with Gasteiger partial charge in [-0.05, 0) is 12.1 Å². The molecular weight excluding hydrogens is 175 g/mol. The van der Waals surface area contributed by atoms with Crippen molar-refractivity contribution in [2.24, 2.45) is 0 Å². The van der Waals surface area contributed by atoms with Crippen molar-refractivity contribution < 1.29 is 19.0 Å². The first-order chi connectivity index (χ1) is 6.11. The number of hydrogen-bond acceptors (Lipinski definition) is 2. The normalized spacial score (nSPS) is 12.2. The topological polar surface area (TPSA) is 46.5 Å². The largest absolute Gasteiger partial charge is 0.478 e. The zero-order chi connectivity index (χ0) is 9.84. The van der Waals surface area contributed by atoms with Crippen LogP contribution < -0.4 is 4.74 Å². The molecule has 4 heteroatoms. The monoisotopic (exact) mass is 184 g/mol. The molecule has 0 bridgehead atoms. The quantitative estimate of drug-likeness (QED) is 0.782. The molecule has 0 spiro atoms. The Labute approximate surface area is 74.8 Å². The zero-order valence-electron chi connectivity index (χ0n) is 7.03. The lowest BCUT2D eigenvalue weighted by molar-refractivity contribution is 0.0657. The number of aromatic carboxylic acids is 1. The van der Waals surface area contributed by atoms with E-state index in [1.54, 1.807) is 12.1 Å². The number of carbonyl (C=O) groups is 1. The maximum atomic E-state index is 12.4. The van der Waals surface area contributed by atoms with Gasteiger partial charge in [-0.3, -0.25) is 0 Å². The number of para-hydroxylation sites is 1. The number of carboxylic acids is 1. The van der Waals surface area contributed by atoms with Crippen molar-refractivity contribution in [3.8, 4) is 5.75 Å². The van der Waals surface area contributed by atoms with Gasteiger partial charge in [0.25, 0.3) is 0 Å². The second-order valence-electron chi connectivity index (χ2n) is 2.46. The van der Waals surface area contributed by atoms with Crippen molar-refractivity contribution in [2.75, 3.05) is 0 Å². The highest BCUT2D eigenvalue weighted by atomic mass is 19.1. The summed E-state index contributed by atoms with van der Waals surface area (Å²) < 4.78 is 17.1. The first-order valence-corrected chi connectivity index (χ1v) is 3.74. The molecule has 0 fully saturated rings. The number of alkyl halides is 1. The minimum atomic E-state index is -1.51. The highest BCUT2D eigenvalue weighted by Gasteiger charge is 2.11. The Balaban J connectivity index is 2.98. The van der Waals surface area contributed by atoms with Gasteiger partial charge in [-0.25, -0.2) is 9.18 Å². The fourth-order valence-electron chi connectivity index (χ4n) is 0.921. The first-order valence-electron chi connectivity index (χ1n) is 3.74. The second-order valence-corrected chi connectivity index (χ2v) is 2.46. The molecule has 0 aliphatic rings. The van der Waals surface area contributed by atoms with Crippen LogP contribution in [0.1, 0.15) is 17.3 Å². The first kappa shape index (κ1) is 9.51. The standard InChI is InChI=1S/C9H9FO3/c1-6(10)13-8-5-3-2-4-7(8)9(11)12/h2-6H,1H3,(H,11,12). The number of halogens is 1. The molecule has 0 heterocycles. The molecule has 1 atom stereocenters. The van der Waals surface area contributed by atoms with Gasteiger partial charge in [0.1, 0.15) is 11.3 Å². The molecule has 1 rings (SSSR count). The van der Waals surface area contributed by atoms with Crippen LogP contribution in [-0.2, 0) is 0 Å². The van der Waals surface area contributed by atoms with Crippen LogP contribution in [0.2, 0.25) is 0 Å². The second kappa shape index (κ2) is 3.89. The molecule has 1 aromatic carbocycles. The molecule has 0 amide bonds. The molecule has 70 valence electrons. The van der Waals surface area contributed by atoms with Crippen LogP contribution in [0.3, 0.4) is 0 Å². The fraction of sp³-hybridized carbons (Fsp3) is 0.222. The Kier molecular flexibility index (Phi) is 2.84. The molecule has 0 radical (unpaired) electrons. The fourth-order valence-corrected chi connectivity index (χ4v) is 0.921. The molecule has 1 aromatic rings. The number of carboxylic acid groups (broad SMARTS) is 1. The highest BCUT2D eigenvalue weighted by Crippen LogP contribution is 2.19. The molecule has 13 heavy (non-hydrogen) atoms. The van der Waals surface area contributed by atoms with E-state index in [1.165, 1.54) is 19.1 Å². The summed E-state index contributed by atoms with van der Waals surface area (Å²) in [5, 5.41) is 8.68. The lowest BCUT2D eigenvalue weighted by atomic mass is 10.2. The number of benzene rings is 1. The summed E-state index contributed by atoms with van der Waals surface area (Å²) in [4.78, 5) is 10.6. The van der Waals surface area contributed by atoms with Crippen LogP contribution in [0, 0.1) is 0 Å². The van der Waals surface area contributed by atoms with Crippen molar-refractivity contribution in [1.82, 2.24) is 0 Å². The van der Waals surface area contributed by atoms with Gasteiger partial charge in [-0.15, -0.1) is 0 Å². The summed E-state index contributed by atoms with van der Waals surface area (Å²) in [6, 6.07) is 5.92. The maximum absolute atomic E-state index is 12.4. The average Bonchev–Trinajstić information content (AvgIpc) is 2.03. The third-order valence-electron chi connectivity index (χ3n) is 1.41. The van der Waals surface area contributed by atoms with Crippen LogP contribution >= 0.6 is 0 Å². The van der Waals surface area contributed by atoms with Gasteiger partial charge in [0.2, 0.25) is 6.36 Å². The van der Waals surface area contributed by atoms with E-state index in [1.807, 2.05) is 0 Å². The van der Waals surface area contributed by atoms with Crippen LogP contribution in [0.15, 0.2) is 24.3 Å². The molecule has 1 unspecified atom stereocenters. The number of rotatable bonds is 3. The van der Waals surface area contributed by atoms with E-state index >= 15 is 0 Å². The highest BCUT2D eigenvalue weighted by molar-refractivity contribution is 5.90. The Morgan fingerprint density at radius 3 is 2.69 bits per heavy atom. The lowest BCUT2D eigenvalue weighted by Gasteiger charge is -2.08. The summed E-state index contributed by atoms with van der Waals surface area (Å²) in [6.07, 6.45) is -1.51. The Bertz CT molecular complexity index is 309. The minimum Gasteiger partial charge on any atom is -0.478 e. The summed E-state index contributed by atoms with van der Waals surface area (Å²) in [5.41, 5.74) is -0.0352.